The van der Waals surface area contributed by atoms with Gasteiger partial charge in [0.1, 0.15) is 6.73 Å². The van der Waals surface area contributed by atoms with Crippen molar-refractivity contribution in [2.45, 2.75) is 51.2 Å². The van der Waals surface area contributed by atoms with Gasteiger partial charge in [-0.25, -0.2) is 9.67 Å². The van der Waals surface area contributed by atoms with Crippen molar-refractivity contribution < 1.29 is 4.74 Å². The van der Waals surface area contributed by atoms with Crippen LogP contribution in [-0.2, 0) is 11.5 Å². The van der Waals surface area contributed by atoms with Crippen molar-refractivity contribution in [3.8, 4) is 0 Å². The highest BCUT2D eigenvalue weighted by Gasteiger charge is 2.29. The van der Waals surface area contributed by atoms with E-state index in [0.717, 1.165) is 16.7 Å². The van der Waals surface area contributed by atoms with Crippen LogP contribution in [0, 0.1) is 0 Å². The third kappa shape index (κ3) is 3.73. The topological polar surface area (TPSA) is 39.9 Å². The zero-order chi connectivity index (χ0) is 15.0. The molecule has 0 atom stereocenters. The van der Waals surface area contributed by atoms with Gasteiger partial charge >= 0.3 is 0 Å². The molecule has 1 fully saturated rings. The Bertz CT molecular complexity index is 646. The van der Waals surface area contributed by atoms with E-state index in [1.54, 1.807) is 0 Å². The normalized spacial score (nSPS) is 15.8. The first-order valence-corrected chi connectivity index (χ1v) is 12.0. The van der Waals surface area contributed by atoms with Gasteiger partial charge in [0.15, 0.2) is 5.65 Å². The second-order valence-corrected chi connectivity index (χ2v) is 13.6. The number of nitrogens with zero attached hydrogens (tertiary/aromatic N) is 3. The van der Waals surface area contributed by atoms with Crippen molar-refractivity contribution in [1.29, 1.82) is 0 Å². The number of hydrogen-bond acceptors (Lipinski definition) is 3. The van der Waals surface area contributed by atoms with E-state index < -0.39 is 8.07 Å². The molecule has 0 aromatic carbocycles. The van der Waals surface area contributed by atoms with E-state index >= 15 is 0 Å². The van der Waals surface area contributed by atoms with Gasteiger partial charge in [-0.1, -0.05) is 19.6 Å². The summed E-state index contributed by atoms with van der Waals surface area (Å²) in [6.45, 7) is 8.41. The summed E-state index contributed by atoms with van der Waals surface area (Å²) < 4.78 is 8.76. The molecule has 114 valence electrons. The van der Waals surface area contributed by atoms with Gasteiger partial charge in [0, 0.05) is 36.7 Å². The molecule has 1 saturated carbocycles. The summed E-state index contributed by atoms with van der Waals surface area (Å²) in [6, 6.07) is 3.31. The predicted molar refractivity (Wildman–Crippen MR) is 91.3 cm³/mol. The van der Waals surface area contributed by atoms with Gasteiger partial charge in [-0.15, -0.1) is 0 Å². The lowest BCUT2D eigenvalue weighted by molar-refractivity contribution is 0.0810. The number of aromatic nitrogens is 3. The molecule has 0 spiro atoms. The average Bonchev–Trinajstić information content (AvgIpc) is 3.17. The van der Waals surface area contributed by atoms with Gasteiger partial charge in [0.25, 0.3) is 0 Å². The first-order chi connectivity index (χ1) is 9.94. The second-order valence-electron chi connectivity index (χ2n) is 7.03. The molecule has 4 nitrogen and oxygen atoms in total. The number of fused-ring (bicyclic) bond motifs is 1. The van der Waals surface area contributed by atoms with E-state index in [2.05, 4.69) is 46.6 Å². The van der Waals surface area contributed by atoms with Crippen molar-refractivity contribution in [3.05, 3.63) is 22.4 Å². The average molecular weight is 368 g/mol. The van der Waals surface area contributed by atoms with Crippen LogP contribution >= 0.6 is 15.9 Å². The van der Waals surface area contributed by atoms with Crippen LogP contribution in [0.5, 0.6) is 0 Å². The van der Waals surface area contributed by atoms with E-state index in [9.17, 15) is 0 Å². The Morgan fingerprint density at radius 3 is 2.81 bits per heavy atom. The van der Waals surface area contributed by atoms with Crippen LogP contribution in [-0.4, -0.2) is 29.4 Å². The lowest BCUT2D eigenvalue weighted by atomic mass is 10.2. The quantitative estimate of drug-likeness (QED) is 0.561. The van der Waals surface area contributed by atoms with Crippen LogP contribution in [0.25, 0.3) is 11.0 Å². The minimum absolute atomic E-state index is 0.502. The second kappa shape index (κ2) is 5.82. The van der Waals surface area contributed by atoms with Crippen LogP contribution in [0.2, 0.25) is 25.7 Å². The summed E-state index contributed by atoms with van der Waals surface area (Å²) in [5.41, 5.74) is 2.13. The van der Waals surface area contributed by atoms with Crippen LogP contribution in [0.3, 0.4) is 0 Å². The SMILES string of the molecule is C[Si](C)(C)CCOCn1nc(C2CC2)c2cc(Br)cnc21. The van der Waals surface area contributed by atoms with Crippen LogP contribution in [0.4, 0.5) is 0 Å². The summed E-state index contributed by atoms with van der Waals surface area (Å²) in [4.78, 5) is 4.52. The zero-order valence-electron chi connectivity index (χ0n) is 12.9. The van der Waals surface area contributed by atoms with Crippen molar-refractivity contribution in [2.75, 3.05) is 6.61 Å². The molecule has 1 aliphatic rings. The lowest BCUT2D eigenvalue weighted by Crippen LogP contribution is -2.22. The maximum atomic E-state index is 5.83. The van der Waals surface area contributed by atoms with Gasteiger partial charge in [-0.05, 0) is 40.9 Å². The fourth-order valence-corrected chi connectivity index (χ4v) is 3.42. The number of halogens is 1. The fraction of sp³-hybridized carbons (Fsp3) is 0.600. The molecule has 6 heteroatoms. The summed E-state index contributed by atoms with van der Waals surface area (Å²) in [6.07, 6.45) is 4.32. The molecule has 1 aliphatic carbocycles. The van der Waals surface area contributed by atoms with Crippen molar-refractivity contribution in [2.24, 2.45) is 0 Å². The standard InChI is InChI=1S/C15H22BrN3OSi/c1-21(2,3)7-6-20-10-19-15-13(8-12(16)9-17-15)14(18-19)11-4-5-11/h8-9,11H,4-7,10H2,1-3H3. The largest absolute Gasteiger partial charge is 0.359 e. The Balaban J connectivity index is 1.76. The highest BCUT2D eigenvalue weighted by Crippen LogP contribution is 2.42. The molecule has 0 aliphatic heterocycles. The smallest absolute Gasteiger partial charge is 0.160 e. The van der Waals surface area contributed by atoms with Crippen LogP contribution in [0.1, 0.15) is 24.5 Å². The van der Waals surface area contributed by atoms with Gasteiger partial charge in [-0.2, -0.15) is 5.10 Å². The number of hydrogen-bond donors (Lipinski definition) is 0. The molecular weight excluding hydrogens is 346 g/mol. The molecule has 2 aromatic heterocycles. The molecule has 3 rings (SSSR count). The molecule has 0 saturated heterocycles. The van der Waals surface area contributed by atoms with Gasteiger partial charge < -0.3 is 4.74 Å². The molecule has 2 aromatic rings. The molecule has 0 bridgehead atoms. The molecule has 0 unspecified atom stereocenters. The maximum absolute atomic E-state index is 5.83. The highest BCUT2D eigenvalue weighted by molar-refractivity contribution is 9.10. The van der Waals surface area contributed by atoms with Crippen LogP contribution in [0.15, 0.2) is 16.7 Å². The van der Waals surface area contributed by atoms with E-state index in [-0.39, 0.29) is 0 Å². The van der Waals surface area contributed by atoms with Gasteiger partial charge in [-0.3, -0.25) is 0 Å². The Morgan fingerprint density at radius 2 is 2.14 bits per heavy atom. The zero-order valence-corrected chi connectivity index (χ0v) is 15.5. The minimum Gasteiger partial charge on any atom is -0.359 e. The predicted octanol–water partition coefficient (Wildman–Crippen LogP) is 4.38. The summed E-state index contributed by atoms with van der Waals surface area (Å²) in [5.74, 6) is 0.617. The van der Waals surface area contributed by atoms with E-state index in [1.807, 2.05) is 10.9 Å². The third-order valence-electron chi connectivity index (χ3n) is 3.76. The van der Waals surface area contributed by atoms with Crippen molar-refractivity contribution in [3.63, 3.8) is 0 Å². The van der Waals surface area contributed by atoms with E-state index in [0.29, 0.717) is 12.6 Å². The molecule has 0 N–H and O–H groups in total. The number of pyridine rings is 1. The Hall–Kier alpha value is -0.723. The van der Waals surface area contributed by atoms with Crippen LogP contribution < -0.4 is 0 Å². The molecule has 0 amide bonds. The lowest BCUT2D eigenvalue weighted by Gasteiger charge is -2.15. The first-order valence-electron chi connectivity index (χ1n) is 7.54. The first kappa shape index (κ1) is 15.2. The Labute approximate surface area is 135 Å². The minimum atomic E-state index is -1.04. The Morgan fingerprint density at radius 1 is 1.38 bits per heavy atom. The molecule has 21 heavy (non-hydrogen) atoms. The van der Waals surface area contributed by atoms with Gasteiger partial charge in [0.2, 0.25) is 0 Å². The summed E-state index contributed by atoms with van der Waals surface area (Å²) >= 11 is 3.50. The third-order valence-corrected chi connectivity index (χ3v) is 5.89. The monoisotopic (exact) mass is 367 g/mol. The van der Waals surface area contributed by atoms with Gasteiger partial charge in [0.05, 0.1) is 5.69 Å². The summed E-state index contributed by atoms with van der Waals surface area (Å²) in [5, 5.41) is 5.91. The van der Waals surface area contributed by atoms with E-state index in [4.69, 9.17) is 9.84 Å². The van der Waals surface area contributed by atoms with Crippen molar-refractivity contribution in [1.82, 2.24) is 14.8 Å². The highest BCUT2D eigenvalue weighted by atomic mass is 79.9. The maximum Gasteiger partial charge on any atom is 0.160 e. The number of ether oxygens (including phenoxy) is 1. The Kier molecular flexibility index (Phi) is 4.20. The molecule has 2 heterocycles. The molecular formula is C15H22BrN3OSi. The fourth-order valence-electron chi connectivity index (χ4n) is 2.34. The van der Waals surface area contributed by atoms with Crippen molar-refractivity contribution >= 4 is 35.0 Å². The number of rotatable bonds is 6. The van der Waals surface area contributed by atoms with E-state index in [1.165, 1.54) is 30.0 Å². The molecule has 0 radical (unpaired) electrons. The summed E-state index contributed by atoms with van der Waals surface area (Å²) in [7, 11) is -1.04.